The van der Waals surface area contributed by atoms with Crippen molar-refractivity contribution in [3.63, 3.8) is 0 Å². The van der Waals surface area contributed by atoms with E-state index in [1.807, 2.05) is 0 Å². The smallest absolute Gasteiger partial charge is 0.309 e. The Bertz CT molecular complexity index is 1270. The van der Waals surface area contributed by atoms with E-state index in [1.165, 1.54) is 37.7 Å². The number of ketones is 1. The fraction of sp³-hybridized carbons (Fsp3) is 0.854. The van der Waals surface area contributed by atoms with E-state index in [2.05, 4.69) is 74.2 Å². The Morgan fingerprint density at radius 2 is 1.52 bits per heavy atom. The van der Waals surface area contributed by atoms with Crippen LogP contribution < -0.4 is 5.32 Å². The average molecular weight is 638 g/mol. The molecule has 0 heterocycles. The van der Waals surface area contributed by atoms with Crippen LogP contribution in [0.2, 0.25) is 0 Å². The lowest BCUT2D eigenvalue weighted by Gasteiger charge is -2.71. The van der Waals surface area contributed by atoms with Gasteiger partial charge in [-0.2, -0.15) is 0 Å². The summed E-state index contributed by atoms with van der Waals surface area (Å²) in [5.41, 5.74) is 2.47. The molecule has 0 aromatic rings. The molecule has 5 aliphatic rings. The third-order valence-corrected chi connectivity index (χ3v) is 14.9. The molecule has 0 bridgehead atoms. The molecule has 0 aromatic carbocycles. The van der Waals surface area contributed by atoms with Crippen LogP contribution in [0.3, 0.4) is 0 Å². The fourth-order valence-electron chi connectivity index (χ4n) is 13.0. The van der Waals surface area contributed by atoms with Crippen molar-refractivity contribution >= 4 is 11.8 Å². The third kappa shape index (κ3) is 5.45. The van der Waals surface area contributed by atoms with Crippen LogP contribution in [0.25, 0.3) is 0 Å². The minimum absolute atomic E-state index is 0.0261. The summed E-state index contributed by atoms with van der Waals surface area (Å²) in [4.78, 5) is 25.7. The van der Waals surface area contributed by atoms with Crippen LogP contribution in [0.15, 0.2) is 23.5 Å². The minimum atomic E-state index is -0.886. The monoisotopic (exact) mass is 638 g/mol. The van der Waals surface area contributed by atoms with Crippen LogP contribution >= 0.6 is 0 Å². The first-order valence-electron chi connectivity index (χ1n) is 18.8. The first-order chi connectivity index (χ1) is 21.2. The predicted octanol–water partition coefficient (Wildman–Crippen LogP) is 9.76. The van der Waals surface area contributed by atoms with Gasteiger partial charge in [0, 0.05) is 29.7 Å². The standard InChI is InChI=1S/C41H67NO4/c1-25(2)33-28(43)24-41(21-22-42-26(3)4)20-15-31-39(11)17-13-29-37(8,9)32(46-27(5)23-36(6,7)35(44)45)16-19-38(29,10)30(39)14-18-40(31,12)34(33)41/h25-26,29-32,42H,5,13-24H2,1-4,6-12H3,(H,44,45)/t29-,30?,31?,32-,38?,39?,40?,41?/m0/s1. The van der Waals surface area contributed by atoms with Crippen molar-refractivity contribution in [3.8, 4) is 0 Å². The molecule has 0 amide bonds. The number of carbonyl (C=O) groups excluding carboxylic acids is 1. The van der Waals surface area contributed by atoms with E-state index in [0.29, 0.717) is 41.8 Å². The maximum absolute atomic E-state index is 13.9. The van der Waals surface area contributed by atoms with Crippen LogP contribution in [0.5, 0.6) is 0 Å². The van der Waals surface area contributed by atoms with Crippen molar-refractivity contribution in [2.45, 2.75) is 159 Å². The quantitative estimate of drug-likeness (QED) is 0.233. The van der Waals surface area contributed by atoms with Gasteiger partial charge in [0.1, 0.15) is 6.10 Å². The maximum Gasteiger partial charge on any atom is 0.309 e. The first kappa shape index (κ1) is 35.7. The highest BCUT2D eigenvalue weighted by Gasteiger charge is 2.69. The largest absolute Gasteiger partial charge is 0.495 e. The molecular formula is C41H67NO4. The number of fused-ring (bicyclic) bond motifs is 7. The molecule has 46 heavy (non-hydrogen) atoms. The molecule has 260 valence electrons. The molecule has 5 heteroatoms. The van der Waals surface area contributed by atoms with Gasteiger partial charge in [-0.1, -0.05) is 74.5 Å². The zero-order valence-electron chi connectivity index (χ0n) is 31.3. The van der Waals surface area contributed by atoms with Crippen molar-refractivity contribution in [1.82, 2.24) is 5.32 Å². The van der Waals surface area contributed by atoms with Gasteiger partial charge in [0.15, 0.2) is 5.78 Å². The summed E-state index contributed by atoms with van der Waals surface area (Å²) >= 11 is 0. The van der Waals surface area contributed by atoms with E-state index in [4.69, 9.17) is 4.74 Å². The molecule has 6 unspecified atom stereocenters. The Kier molecular flexibility index (Phi) is 9.13. The molecule has 2 N–H and O–H groups in total. The molecule has 0 radical (unpaired) electrons. The normalized spacial score (nSPS) is 40.3. The molecule has 4 fully saturated rings. The molecule has 0 saturated heterocycles. The summed E-state index contributed by atoms with van der Waals surface area (Å²) in [6, 6.07) is 0.460. The van der Waals surface area contributed by atoms with Gasteiger partial charge in [0.25, 0.3) is 0 Å². The highest BCUT2D eigenvalue weighted by atomic mass is 16.5. The number of carbonyl (C=O) groups is 2. The molecule has 5 nitrogen and oxygen atoms in total. The summed E-state index contributed by atoms with van der Waals surface area (Å²) in [5.74, 6) is 2.32. The summed E-state index contributed by atoms with van der Waals surface area (Å²) in [5, 5.41) is 13.4. The number of hydrogen-bond donors (Lipinski definition) is 2. The lowest BCUT2D eigenvalue weighted by Crippen LogP contribution is -2.64. The minimum Gasteiger partial charge on any atom is -0.495 e. The molecular weight excluding hydrogens is 570 g/mol. The second kappa shape index (κ2) is 11.8. The van der Waals surface area contributed by atoms with E-state index < -0.39 is 11.4 Å². The van der Waals surface area contributed by atoms with Crippen LogP contribution in [0.4, 0.5) is 0 Å². The predicted molar refractivity (Wildman–Crippen MR) is 187 cm³/mol. The van der Waals surface area contributed by atoms with Gasteiger partial charge in [-0.25, -0.2) is 0 Å². The molecule has 5 rings (SSSR count). The number of carboxylic acid groups (broad SMARTS) is 1. The lowest BCUT2D eigenvalue weighted by atomic mass is 9.34. The van der Waals surface area contributed by atoms with Crippen molar-refractivity contribution in [2.75, 3.05) is 6.54 Å². The second-order valence-corrected chi connectivity index (χ2v) is 19.3. The summed E-state index contributed by atoms with van der Waals surface area (Å²) in [7, 11) is 0. The second-order valence-electron chi connectivity index (χ2n) is 19.3. The Balaban J connectivity index is 1.43. The third-order valence-electron chi connectivity index (χ3n) is 14.9. The maximum atomic E-state index is 13.9. The molecule has 0 spiro atoms. The molecule has 0 aliphatic heterocycles. The van der Waals surface area contributed by atoms with Crippen LogP contribution in [0, 0.1) is 56.2 Å². The van der Waals surface area contributed by atoms with Crippen molar-refractivity contribution in [1.29, 1.82) is 0 Å². The Hall–Kier alpha value is -1.62. The van der Waals surface area contributed by atoms with E-state index in [0.717, 1.165) is 38.6 Å². The molecule has 4 saturated carbocycles. The number of ether oxygens (including phenoxy) is 1. The van der Waals surface area contributed by atoms with E-state index >= 15 is 0 Å². The van der Waals surface area contributed by atoms with Crippen LogP contribution in [-0.2, 0) is 14.3 Å². The van der Waals surface area contributed by atoms with E-state index in [-0.39, 0.29) is 39.1 Å². The molecule has 0 aromatic heterocycles. The fourth-order valence-corrected chi connectivity index (χ4v) is 13.0. The van der Waals surface area contributed by atoms with Crippen molar-refractivity contribution in [3.05, 3.63) is 23.5 Å². The highest BCUT2D eigenvalue weighted by molar-refractivity contribution is 6.00. The van der Waals surface area contributed by atoms with Gasteiger partial charge in [-0.3, -0.25) is 9.59 Å². The van der Waals surface area contributed by atoms with Gasteiger partial charge in [0.2, 0.25) is 0 Å². The number of carboxylic acids is 1. The topological polar surface area (TPSA) is 75.6 Å². The van der Waals surface area contributed by atoms with Gasteiger partial charge >= 0.3 is 5.97 Å². The Labute approximate surface area is 281 Å². The van der Waals surface area contributed by atoms with Crippen LogP contribution in [0.1, 0.15) is 147 Å². The zero-order chi connectivity index (χ0) is 34.3. The SMILES string of the molecule is C=C(CC(C)(C)C(=O)O)O[C@H]1CCC2(C)C3CCC4(C)C5=C(C(C)C)C(=O)CC5(CCNC(C)C)CCC4C3(C)CC[C@H]2C1(C)C. The number of Topliss-reactive ketones (excluding diaryl/α,β-unsaturated/α-hetero) is 1. The number of hydrogen-bond acceptors (Lipinski definition) is 4. The summed E-state index contributed by atoms with van der Waals surface area (Å²) in [6.45, 7) is 30.3. The Morgan fingerprint density at radius 1 is 0.935 bits per heavy atom. The van der Waals surface area contributed by atoms with E-state index in [1.54, 1.807) is 19.4 Å². The van der Waals surface area contributed by atoms with E-state index in [9.17, 15) is 14.7 Å². The lowest BCUT2D eigenvalue weighted by molar-refractivity contribution is -0.217. The summed E-state index contributed by atoms with van der Waals surface area (Å²) in [6.07, 6.45) is 11.6. The average Bonchev–Trinajstić information content (AvgIpc) is 3.22. The zero-order valence-corrected chi connectivity index (χ0v) is 31.3. The highest BCUT2D eigenvalue weighted by Crippen LogP contribution is 2.76. The molecule has 8 atom stereocenters. The van der Waals surface area contributed by atoms with Crippen molar-refractivity contribution in [2.24, 2.45) is 56.2 Å². The van der Waals surface area contributed by atoms with Gasteiger partial charge in [-0.05, 0) is 124 Å². The number of allylic oxidation sites excluding steroid dienone is 3. The van der Waals surface area contributed by atoms with Gasteiger partial charge < -0.3 is 15.2 Å². The van der Waals surface area contributed by atoms with Gasteiger partial charge in [0.05, 0.1) is 11.2 Å². The van der Waals surface area contributed by atoms with Crippen LogP contribution in [-0.4, -0.2) is 35.5 Å². The van der Waals surface area contributed by atoms with Crippen molar-refractivity contribution < 1.29 is 19.4 Å². The number of nitrogens with one attached hydrogen (secondary N) is 1. The first-order valence-corrected chi connectivity index (χ1v) is 18.8. The van der Waals surface area contributed by atoms with Gasteiger partial charge in [-0.15, -0.1) is 0 Å². The molecule has 5 aliphatic carbocycles. The number of aliphatic carboxylic acids is 1. The Morgan fingerprint density at radius 3 is 2.13 bits per heavy atom. The number of rotatable bonds is 10. The summed E-state index contributed by atoms with van der Waals surface area (Å²) < 4.78 is 6.60.